The van der Waals surface area contributed by atoms with Gasteiger partial charge in [-0.25, -0.2) is 14.2 Å². The summed E-state index contributed by atoms with van der Waals surface area (Å²) in [6.07, 6.45) is 0. The van der Waals surface area contributed by atoms with Crippen molar-refractivity contribution in [3.05, 3.63) is 46.2 Å². The standard InChI is InChI=1S/C17H19FN4O2S/c1-11-14(15(23)20(2)3)25-16(19-11)22-9-8-21(17(22)24)10-12-4-6-13(18)7-5-12/h4-7H,8-10H2,1-3H3. The molecule has 3 rings (SSSR count). The van der Waals surface area contributed by atoms with Crippen LogP contribution >= 0.6 is 11.3 Å². The summed E-state index contributed by atoms with van der Waals surface area (Å²) in [5.41, 5.74) is 1.50. The zero-order valence-electron chi connectivity index (χ0n) is 14.3. The third-order valence-corrected chi connectivity index (χ3v) is 5.17. The van der Waals surface area contributed by atoms with E-state index >= 15 is 0 Å². The van der Waals surface area contributed by atoms with Gasteiger partial charge in [0.1, 0.15) is 10.7 Å². The molecule has 0 aliphatic carbocycles. The van der Waals surface area contributed by atoms with Crippen molar-refractivity contribution in [1.82, 2.24) is 14.8 Å². The summed E-state index contributed by atoms with van der Waals surface area (Å²) < 4.78 is 13.0. The predicted molar refractivity (Wildman–Crippen MR) is 94.4 cm³/mol. The summed E-state index contributed by atoms with van der Waals surface area (Å²) in [7, 11) is 3.37. The molecule has 3 amide bonds. The van der Waals surface area contributed by atoms with E-state index in [1.54, 1.807) is 43.0 Å². The number of aromatic nitrogens is 1. The molecule has 0 N–H and O–H groups in total. The molecule has 0 atom stereocenters. The Morgan fingerprint density at radius 2 is 1.96 bits per heavy atom. The van der Waals surface area contributed by atoms with Gasteiger partial charge in [0.2, 0.25) is 0 Å². The van der Waals surface area contributed by atoms with Gasteiger partial charge in [-0.05, 0) is 24.6 Å². The SMILES string of the molecule is Cc1nc(N2CCN(Cc3ccc(F)cc3)C2=O)sc1C(=O)N(C)C. The molecule has 1 fully saturated rings. The van der Waals surface area contributed by atoms with Gasteiger partial charge in [0.15, 0.2) is 5.13 Å². The normalized spacial score (nSPS) is 14.3. The van der Waals surface area contributed by atoms with Gasteiger partial charge in [0.25, 0.3) is 5.91 Å². The third-order valence-electron chi connectivity index (χ3n) is 4.00. The maximum absolute atomic E-state index is 13.0. The number of rotatable bonds is 4. The summed E-state index contributed by atoms with van der Waals surface area (Å²) in [4.78, 5) is 34.5. The number of nitrogens with zero attached hydrogens (tertiary/aromatic N) is 4. The van der Waals surface area contributed by atoms with Crippen LogP contribution in [0.1, 0.15) is 20.9 Å². The number of amides is 3. The highest BCUT2D eigenvalue weighted by atomic mass is 32.1. The minimum absolute atomic E-state index is 0.115. The van der Waals surface area contributed by atoms with Crippen LogP contribution in [0.2, 0.25) is 0 Å². The molecule has 25 heavy (non-hydrogen) atoms. The number of aryl methyl sites for hydroxylation is 1. The Balaban J connectivity index is 1.75. The number of urea groups is 1. The fourth-order valence-electron chi connectivity index (χ4n) is 2.62. The number of thiazole rings is 1. The van der Waals surface area contributed by atoms with Crippen LogP contribution in [-0.4, -0.2) is 53.9 Å². The molecule has 132 valence electrons. The second-order valence-corrected chi connectivity index (χ2v) is 7.07. The van der Waals surface area contributed by atoms with E-state index in [1.807, 2.05) is 0 Å². The second-order valence-electron chi connectivity index (χ2n) is 6.09. The van der Waals surface area contributed by atoms with Crippen LogP contribution in [0.3, 0.4) is 0 Å². The first-order chi connectivity index (χ1) is 11.9. The van der Waals surface area contributed by atoms with Gasteiger partial charge in [-0.3, -0.25) is 9.69 Å². The fraction of sp³-hybridized carbons (Fsp3) is 0.353. The molecule has 2 aromatic rings. The zero-order chi connectivity index (χ0) is 18.1. The highest BCUT2D eigenvalue weighted by Crippen LogP contribution is 2.29. The number of anilines is 1. The topological polar surface area (TPSA) is 56.8 Å². The van der Waals surface area contributed by atoms with E-state index in [0.717, 1.165) is 5.56 Å². The monoisotopic (exact) mass is 362 g/mol. The summed E-state index contributed by atoms with van der Waals surface area (Å²) in [6.45, 7) is 3.27. The summed E-state index contributed by atoms with van der Waals surface area (Å²) in [5, 5.41) is 0.536. The number of carbonyl (C=O) groups is 2. The molecule has 8 heteroatoms. The van der Waals surface area contributed by atoms with Gasteiger partial charge in [-0.1, -0.05) is 23.5 Å². The summed E-state index contributed by atoms with van der Waals surface area (Å²) in [6, 6.07) is 5.97. The molecular formula is C17H19FN4O2S. The van der Waals surface area contributed by atoms with Gasteiger partial charge in [-0.2, -0.15) is 0 Å². The first kappa shape index (κ1) is 17.3. The molecule has 1 aromatic heterocycles. The maximum atomic E-state index is 13.0. The lowest BCUT2D eigenvalue weighted by Gasteiger charge is -2.17. The number of benzene rings is 1. The minimum Gasteiger partial charge on any atom is -0.344 e. The van der Waals surface area contributed by atoms with E-state index in [0.29, 0.717) is 35.3 Å². The molecule has 1 aliphatic heterocycles. The third kappa shape index (κ3) is 3.48. The first-order valence-corrected chi connectivity index (χ1v) is 8.68. The molecule has 0 bridgehead atoms. The lowest BCUT2D eigenvalue weighted by Crippen LogP contribution is -2.31. The average molecular weight is 362 g/mol. The van der Waals surface area contributed by atoms with Crippen LogP contribution in [0.25, 0.3) is 0 Å². The van der Waals surface area contributed by atoms with Crippen molar-refractivity contribution in [3.63, 3.8) is 0 Å². The zero-order valence-corrected chi connectivity index (χ0v) is 15.1. The molecule has 1 aromatic carbocycles. The van der Waals surface area contributed by atoms with E-state index in [-0.39, 0.29) is 17.8 Å². The largest absolute Gasteiger partial charge is 0.344 e. The predicted octanol–water partition coefficient (Wildman–Crippen LogP) is 2.73. The Hall–Kier alpha value is -2.48. The lowest BCUT2D eigenvalue weighted by molar-refractivity contribution is 0.0831. The second kappa shape index (κ2) is 6.79. The fourth-order valence-corrected chi connectivity index (χ4v) is 3.72. The Labute approximate surface area is 149 Å². The van der Waals surface area contributed by atoms with Crippen molar-refractivity contribution in [2.24, 2.45) is 0 Å². The van der Waals surface area contributed by atoms with Gasteiger partial charge >= 0.3 is 6.03 Å². The Bertz CT molecular complexity index is 803. The van der Waals surface area contributed by atoms with E-state index in [4.69, 9.17) is 0 Å². The lowest BCUT2D eigenvalue weighted by atomic mass is 10.2. The van der Waals surface area contributed by atoms with Gasteiger partial charge in [-0.15, -0.1) is 0 Å². The quantitative estimate of drug-likeness (QED) is 0.840. The van der Waals surface area contributed by atoms with Crippen molar-refractivity contribution >= 4 is 28.4 Å². The van der Waals surface area contributed by atoms with Crippen LogP contribution in [0, 0.1) is 12.7 Å². The van der Waals surface area contributed by atoms with Crippen LogP contribution in [0.4, 0.5) is 14.3 Å². The molecule has 0 spiro atoms. The summed E-state index contributed by atoms with van der Waals surface area (Å²) >= 11 is 1.23. The van der Waals surface area contributed by atoms with Gasteiger partial charge < -0.3 is 9.80 Å². The van der Waals surface area contributed by atoms with E-state index < -0.39 is 0 Å². The molecule has 0 radical (unpaired) electrons. The first-order valence-electron chi connectivity index (χ1n) is 7.87. The molecule has 6 nitrogen and oxygen atoms in total. The Morgan fingerprint density at radius 3 is 2.60 bits per heavy atom. The smallest absolute Gasteiger partial charge is 0.326 e. The molecule has 0 saturated carbocycles. The van der Waals surface area contributed by atoms with Gasteiger partial charge in [0.05, 0.1) is 5.69 Å². The van der Waals surface area contributed by atoms with Crippen molar-refractivity contribution in [3.8, 4) is 0 Å². The van der Waals surface area contributed by atoms with E-state index in [1.165, 1.54) is 28.4 Å². The van der Waals surface area contributed by atoms with Crippen molar-refractivity contribution in [2.45, 2.75) is 13.5 Å². The van der Waals surface area contributed by atoms with Crippen molar-refractivity contribution in [2.75, 3.05) is 32.1 Å². The molecular weight excluding hydrogens is 343 g/mol. The molecule has 1 aliphatic rings. The summed E-state index contributed by atoms with van der Waals surface area (Å²) in [5.74, 6) is -0.412. The highest BCUT2D eigenvalue weighted by molar-refractivity contribution is 7.17. The van der Waals surface area contributed by atoms with Crippen LogP contribution < -0.4 is 4.90 Å². The highest BCUT2D eigenvalue weighted by Gasteiger charge is 2.32. The Morgan fingerprint density at radius 1 is 1.28 bits per heavy atom. The molecule has 0 unspecified atom stereocenters. The van der Waals surface area contributed by atoms with Gasteiger partial charge in [0, 0.05) is 33.7 Å². The number of hydrogen-bond donors (Lipinski definition) is 0. The van der Waals surface area contributed by atoms with E-state index in [2.05, 4.69) is 4.98 Å². The minimum atomic E-state index is -0.297. The van der Waals surface area contributed by atoms with Crippen molar-refractivity contribution in [1.29, 1.82) is 0 Å². The number of carbonyl (C=O) groups excluding carboxylic acids is 2. The molecule has 2 heterocycles. The number of hydrogen-bond acceptors (Lipinski definition) is 4. The van der Waals surface area contributed by atoms with Crippen LogP contribution in [-0.2, 0) is 6.54 Å². The van der Waals surface area contributed by atoms with Crippen LogP contribution in [0.15, 0.2) is 24.3 Å². The maximum Gasteiger partial charge on any atom is 0.326 e. The van der Waals surface area contributed by atoms with Crippen LogP contribution in [0.5, 0.6) is 0 Å². The molecule has 1 saturated heterocycles. The Kier molecular flexibility index (Phi) is 4.71. The number of halogens is 1. The average Bonchev–Trinajstić information content (AvgIpc) is 3.12. The van der Waals surface area contributed by atoms with E-state index in [9.17, 15) is 14.0 Å². The van der Waals surface area contributed by atoms with Crippen molar-refractivity contribution < 1.29 is 14.0 Å².